The molecule has 3 N–H and O–H groups in total. The third-order valence-corrected chi connectivity index (χ3v) is 5.11. The summed E-state index contributed by atoms with van der Waals surface area (Å²) in [7, 11) is 0. The van der Waals surface area contributed by atoms with Crippen LogP contribution < -0.4 is 11.1 Å². The molecule has 1 saturated carbocycles. The number of nitrogens with one attached hydrogen (secondary N) is 1. The molecule has 0 unspecified atom stereocenters. The predicted molar refractivity (Wildman–Crippen MR) is 96.8 cm³/mol. The summed E-state index contributed by atoms with van der Waals surface area (Å²) in [5, 5.41) is 3.19. The number of hydrogen-bond donors (Lipinski definition) is 2. The van der Waals surface area contributed by atoms with E-state index in [1.807, 2.05) is 0 Å². The Labute approximate surface area is 147 Å². The first-order chi connectivity index (χ1) is 9.74. The molecule has 2 fully saturated rings. The third-order valence-electron chi connectivity index (χ3n) is 5.11. The van der Waals surface area contributed by atoms with Gasteiger partial charge in [-0.1, -0.05) is 13.3 Å². The lowest BCUT2D eigenvalue weighted by molar-refractivity contribution is -0.126. The van der Waals surface area contributed by atoms with Crippen LogP contribution in [0.15, 0.2) is 0 Å². The molecular weight excluding hydrogens is 321 g/mol. The molecule has 1 aliphatic heterocycles. The molecule has 0 aromatic heterocycles. The maximum absolute atomic E-state index is 12.2. The van der Waals surface area contributed by atoms with E-state index < -0.39 is 0 Å². The maximum Gasteiger partial charge on any atom is 0.223 e. The lowest BCUT2D eigenvalue weighted by atomic mass is 9.93. The molecule has 0 bridgehead atoms. The Morgan fingerprint density at radius 3 is 2.45 bits per heavy atom. The molecule has 0 spiro atoms. The fraction of sp³-hybridized carbons (Fsp3) is 0.938. The predicted octanol–water partition coefficient (Wildman–Crippen LogP) is 2.44. The molecule has 2 atom stereocenters. The summed E-state index contributed by atoms with van der Waals surface area (Å²) in [4.78, 5) is 14.8. The molecular formula is C16H33Cl2N3O. The van der Waals surface area contributed by atoms with Crippen molar-refractivity contribution in [2.24, 2.45) is 23.5 Å². The summed E-state index contributed by atoms with van der Waals surface area (Å²) in [6, 6.07) is 0. The highest BCUT2D eigenvalue weighted by Gasteiger charge is 2.32. The second-order valence-corrected chi connectivity index (χ2v) is 6.56. The van der Waals surface area contributed by atoms with E-state index in [2.05, 4.69) is 17.1 Å². The van der Waals surface area contributed by atoms with Crippen molar-refractivity contribution in [3.05, 3.63) is 0 Å². The van der Waals surface area contributed by atoms with Gasteiger partial charge in [0.05, 0.1) is 0 Å². The molecule has 6 heteroatoms. The van der Waals surface area contributed by atoms with Crippen LogP contribution in [0, 0.1) is 17.8 Å². The van der Waals surface area contributed by atoms with Gasteiger partial charge in [-0.05, 0) is 70.1 Å². The number of nitrogens with two attached hydrogens (primary N) is 1. The average Bonchev–Trinajstić information content (AvgIpc) is 2.95. The molecule has 22 heavy (non-hydrogen) atoms. The smallest absolute Gasteiger partial charge is 0.223 e. The van der Waals surface area contributed by atoms with Gasteiger partial charge in [0, 0.05) is 12.5 Å². The zero-order valence-corrected chi connectivity index (χ0v) is 15.4. The summed E-state index contributed by atoms with van der Waals surface area (Å²) < 4.78 is 0. The molecule has 2 rings (SSSR count). The van der Waals surface area contributed by atoms with E-state index >= 15 is 0 Å². The molecule has 1 heterocycles. The van der Waals surface area contributed by atoms with E-state index in [0.717, 1.165) is 25.8 Å². The molecule has 4 nitrogen and oxygen atoms in total. The fourth-order valence-corrected chi connectivity index (χ4v) is 3.77. The molecule has 2 aliphatic rings. The summed E-state index contributed by atoms with van der Waals surface area (Å²) in [6.07, 6.45) is 7.02. The van der Waals surface area contributed by atoms with Gasteiger partial charge in [-0.3, -0.25) is 4.79 Å². The van der Waals surface area contributed by atoms with E-state index in [-0.39, 0.29) is 36.6 Å². The quantitative estimate of drug-likeness (QED) is 0.770. The van der Waals surface area contributed by atoms with Crippen molar-refractivity contribution in [2.75, 3.05) is 32.7 Å². The Morgan fingerprint density at radius 2 is 1.86 bits per heavy atom. The highest BCUT2D eigenvalue weighted by atomic mass is 35.5. The van der Waals surface area contributed by atoms with Crippen molar-refractivity contribution < 1.29 is 4.79 Å². The van der Waals surface area contributed by atoms with Crippen molar-refractivity contribution in [1.82, 2.24) is 10.2 Å². The molecule has 1 saturated heterocycles. The summed E-state index contributed by atoms with van der Waals surface area (Å²) in [5.74, 6) is 1.53. The number of rotatable bonds is 6. The van der Waals surface area contributed by atoms with Crippen LogP contribution in [0.3, 0.4) is 0 Å². The minimum absolute atomic E-state index is 0. The highest BCUT2D eigenvalue weighted by molar-refractivity contribution is 5.85. The normalized spacial score (nSPS) is 26.1. The van der Waals surface area contributed by atoms with Crippen molar-refractivity contribution in [1.29, 1.82) is 0 Å². The van der Waals surface area contributed by atoms with Crippen molar-refractivity contribution in [2.45, 2.75) is 45.4 Å². The number of hydrogen-bond acceptors (Lipinski definition) is 3. The maximum atomic E-state index is 12.2. The first-order valence-corrected chi connectivity index (χ1v) is 8.44. The monoisotopic (exact) mass is 353 g/mol. The van der Waals surface area contributed by atoms with E-state index in [0.29, 0.717) is 18.4 Å². The summed E-state index contributed by atoms with van der Waals surface area (Å²) >= 11 is 0. The van der Waals surface area contributed by atoms with Crippen LogP contribution in [-0.4, -0.2) is 43.5 Å². The molecule has 0 radical (unpaired) electrons. The minimum Gasteiger partial charge on any atom is -0.356 e. The Hall–Kier alpha value is -0.0300. The molecule has 1 amide bonds. The first kappa shape index (κ1) is 22.0. The largest absolute Gasteiger partial charge is 0.356 e. The van der Waals surface area contributed by atoms with Crippen molar-refractivity contribution in [3.8, 4) is 0 Å². The summed E-state index contributed by atoms with van der Waals surface area (Å²) in [5.41, 5.74) is 5.76. The van der Waals surface area contributed by atoms with E-state index in [1.165, 1.54) is 38.9 Å². The van der Waals surface area contributed by atoms with E-state index in [1.54, 1.807) is 0 Å². The van der Waals surface area contributed by atoms with Gasteiger partial charge < -0.3 is 16.0 Å². The van der Waals surface area contributed by atoms with Gasteiger partial charge in [-0.2, -0.15) is 0 Å². The van der Waals surface area contributed by atoms with Gasteiger partial charge in [0.15, 0.2) is 0 Å². The third kappa shape index (κ3) is 6.23. The lowest BCUT2D eigenvalue weighted by Gasteiger charge is -2.32. The molecule has 0 aromatic rings. The standard InChI is InChI=1S/C16H31N3O.2ClH/c1-2-8-19-9-6-13(7-10-19)12-18-16(20)15-5-3-4-14(15)11-17;;/h13-15H,2-12,17H2,1H3,(H,18,20);2*1H/t14-,15-;;/m1../s1. The first-order valence-electron chi connectivity index (χ1n) is 8.44. The Balaban J connectivity index is 0.00000220. The zero-order valence-electron chi connectivity index (χ0n) is 13.8. The van der Waals surface area contributed by atoms with Crippen LogP contribution in [0.4, 0.5) is 0 Å². The number of amides is 1. The Kier molecular flexibility index (Phi) is 11.5. The highest BCUT2D eigenvalue weighted by Crippen LogP contribution is 2.31. The minimum atomic E-state index is 0. The SMILES string of the molecule is CCCN1CCC(CNC(=O)[C@@H]2CCC[C@@H]2CN)CC1.Cl.Cl. The molecule has 0 aromatic carbocycles. The second kappa shape index (κ2) is 11.5. The van der Waals surface area contributed by atoms with Crippen LogP contribution in [-0.2, 0) is 4.79 Å². The zero-order chi connectivity index (χ0) is 14.4. The van der Waals surface area contributed by atoms with Gasteiger partial charge in [-0.25, -0.2) is 0 Å². The van der Waals surface area contributed by atoms with Crippen LogP contribution in [0.25, 0.3) is 0 Å². The van der Waals surface area contributed by atoms with Crippen molar-refractivity contribution in [3.63, 3.8) is 0 Å². The van der Waals surface area contributed by atoms with Gasteiger partial charge in [0.1, 0.15) is 0 Å². The number of carbonyl (C=O) groups excluding carboxylic acids is 1. The number of piperidine rings is 1. The topological polar surface area (TPSA) is 58.4 Å². The molecule has 1 aliphatic carbocycles. The van der Waals surface area contributed by atoms with Gasteiger partial charge in [0.2, 0.25) is 5.91 Å². The Morgan fingerprint density at radius 1 is 1.18 bits per heavy atom. The van der Waals surface area contributed by atoms with Crippen LogP contribution in [0.2, 0.25) is 0 Å². The van der Waals surface area contributed by atoms with Gasteiger partial charge in [-0.15, -0.1) is 24.8 Å². The van der Waals surface area contributed by atoms with Crippen LogP contribution in [0.5, 0.6) is 0 Å². The van der Waals surface area contributed by atoms with Crippen LogP contribution >= 0.6 is 24.8 Å². The second-order valence-electron chi connectivity index (χ2n) is 6.56. The fourth-order valence-electron chi connectivity index (χ4n) is 3.77. The van der Waals surface area contributed by atoms with E-state index in [4.69, 9.17) is 5.73 Å². The Bertz CT molecular complexity index is 310. The van der Waals surface area contributed by atoms with E-state index in [9.17, 15) is 4.79 Å². The van der Waals surface area contributed by atoms with Crippen LogP contribution in [0.1, 0.15) is 45.4 Å². The average molecular weight is 354 g/mol. The van der Waals surface area contributed by atoms with Gasteiger partial charge >= 0.3 is 0 Å². The number of carbonyl (C=O) groups is 1. The lowest BCUT2D eigenvalue weighted by Crippen LogP contribution is -2.41. The molecule has 132 valence electrons. The van der Waals surface area contributed by atoms with Crippen molar-refractivity contribution >= 4 is 30.7 Å². The number of likely N-dealkylation sites (tertiary alicyclic amines) is 1. The summed E-state index contributed by atoms with van der Waals surface area (Å²) in [6.45, 7) is 7.38. The van der Waals surface area contributed by atoms with Gasteiger partial charge in [0.25, 0.3) is 0 Å². The number of halogens is 2. The number of nitrogens with zero attached hydrogens (tertiary/aromatic N) is 1.